The van der Waals surface area contributed by atoms with Crippen molar-refractivity contribution >= 4 is 45.1 Å². The topological polar surface area (TPSA) is 159 Å². The number of anilines is 3. The summed E-state index contributed by atoms with van der Waals surface area (Å²) in [6, 6.07) is 10.00. The second kappa shape index (κ2) is 13.8. The van der Waals surface area contributed by atoms with Gasteiger partial charge in [0.1, 0.15) is 11.6 Å². The van der Waals surface area contributed by atoms with Crippen molar-refractivity contribution in [2.24, 2.45) is 0 Å². The van der Waals surface area contributed by atoms with Crippen molar-refractivity contribution < 1.29 is 40.7 Å². The van der Waals surface area contributed by atoms with Gasteiger partial charge >= 0.3 is 6.09 Å². The van der Waals surface area contributed by atoms with Crippen molar-refractivity contribution in [3.63, 3.8) is 0 Å². The molecule has 258 valence electrons. The lowest BCUT2D eigenvalue weighted by Gasteiger charge is -2.34. The highest BCUT2D eigenvalue weighted by Gasteiger charge is 2.35. The minimum atomic E-state index is -4.41. The molecule has 1 saturated heterocycles. The lowest BCUT2D eigenvalue weighted by atomic mass is 10.1. The van der Waals surface area contributed by atoms with E-state index in [1.165, 1.54) is 12.3 Å². The number of carbonyl (C=O) groups excluding carboxylic acids is 3. The summed E-state index contributed by atoms with van der Waals surface area (Å²) in [5.74, 6) is -3.54. The average molecular weight is 698 g/mol. The lowest BCUT2D eigenvalue weighted by molar-refractivity contribution is 0.0996. The third-order valence-corrected chi connectivity index (χ3v) is 10.1. The van der Waals surface area contributed by atoms with Crippen molar-refractivity contribution in [3.8, 4) is 0 Å². The number of halogens is 2. The number of amides is 2. The van der Waals surface area contributed by atoms with Crippen LogP contribution >= 0.6 is 0 Å². The summed E-state index contributed by atoms with van der Waals surface area (Å²) in [5.41, 5.74) is 1.47. The molecule has 6 rings (SSSR count). The second-order valence-electron chi connectivity index (χ2n) is 11.5. The third kappa shape index (κ3) is 7.04. The van der Waals surface area contributed by atoms with Gasteiger partial charge in [-0.05, 0) is 56.4 Å². The molecule has 0 bridgehead atoms. The van der Waals surface area contributed by atoms with E-state index in [1.807, 2.05) is 7.05 Å². The quantitative estimate of drug-likeness (QED) is 0.278. The van der Waals surface area contributed by atoms with E-state index in [2.05, 4.69) is 25.5 Å². The summed E-state index contributed by atoms with van der Waals surface area (Å²) in [5, 5.41) is 9.69. The number of nitrogens with one attached hydrogen (secondary N) is 2. The fraction of sp³-hybridized carbons (Fsp3) is 0.312. The molecule has 2 amide bonds. The van der Waals surface area contributed by atoms with Crippen molar-refractivity contribution in [2.75, 3.05) is 61.9 Å². The molecule has 2 aliphatic heterocycles. The summed E-state index contributed by atoms with van der Waals surface area (Å²) < 4.78 is 67.1. The van der Waals surface area contributed by atoms with Gasteiger partial charge in [0.25, 0.3) is 11.8 Å². The molecule has 0 atom stereocenters. The Morgan fingerprint density at radius 3 is 2.37 bits per heavy atom. The predicted octanol–water partition coefficient (Wildman–Crippen LogP) is 3.76. The average Bonchev–Trinajstić information content (AvgIpc) is 3.74. The smallest absolute Gasteiger partial charge is 0.434 e. The Labute approximate surface area is 280 Å². The Balaban J connectivity index is 1.34. The van der Waals surface area contributed by atoms with Gasteiger partial charge in [-0.25, -0.2) is 22.0 Å². The van der Waals surface area contributed by atoms with Gasteiger partial charge in [-0.15, -0.1) is 5.10 Å². The first-order valence-electron chi connectivity index (χ1n) is 15.4. The van der Waals surface area contributed by atoms with Gasteiger partial charge in [-0.1, -0.05) is 0 Å². The van der Waals surface area contributed by atoms with E-state index in [-0.39, 0.29) is 54.5 Å². The maximum absolute atomic E-state index is 14.0. The molecule has 0 radical (unpaired) electrons. The fourth-order valence-electron chi connectivity index (χ4n) is 5.72. The van der Waals surface area contributed by atoms with Crippen LogP contribution in [-0.2, 0) is 27.7 Å². The standard InChI is InChI=1S/C32H33F2N7O7S/c1-3-47-32(44)41-27-8-9-40(49(45,46)23-16-20(33)15-21(34)17-23)19-25(27)29(37-41)36-30(42)24-7-6-22(39-12-10-38(2)11-13-39)18-26(24)35-31(43)28-5-4-14-48-28/h4-7,14-18H,3,8-13,19H2,1-2H3,(H,35,43)(H,36,37,42). The molecular formula is C32H33F2N7O7S. The Morgan fingerprint density at radius 1 is 0.959 bits per heavy atom. The van der Waals surface area contributed by atoms with E-state index in [1.54, 1.807) is 31.2 Å². The summed E-state index contributed by atoms with van der Waals surface area (Å²) >= 11 is 0. The SMILES string of the molecule is CCOC(=O)n1nc(NC(=O)c2ccc(N3CCN(C)CC3)cc2NC(=O)c2ccco2)c2c1CCN(S(=O)(=O)c1cc(F)cc(F)c1)C2. The van der Waals surface area contributed by atoms with Crippen LogP contribution in [-0.4, -0.2) is 91.7 Å². The molecule has 4 heterocycles. The van der Waals surface area contributed by atoms with E-state index in [0.717, 1.165) is 40.9 Å². The number of sulfonamides is 1. The van der Waals surface area contributed by atoms with Crippen molar-refractivity contribution in [1.29, 1.82) is 0 Å². The minimum Gasteiger partial charge on any atom is -0.459 e. The number of carbonyl (C=O) groups is 3. The molecule has 4 aromatic rings. The molecule has 0 saturated carbocycles. The Morgan fingerprint density at radius 2 is 1.69 bits per heavy atom. The van der Waals surface area contributed by atoms with Crippen LogP contribution in [0.4, 0.5) is 30.8 Å². The summed E-state index contributed by atoms with van der Waals surface area (Å²) in [7, 11) is -2.38. The normalized spacial score (nSPS) is 15.5. The highest BCUT2D eigenvalue weighted by atomic mass is 32.2. The van der Waals surface area contributed by atoms with Crippen LogP contribution in [0.25, 0.3) is 0 Å². The number of piperazine rings is 1. The summed E-state index contributed by atoms with van der Waals surface area (Å²) in [6.07, 6.45) is 0.476. The number of fused-ring (bicyclic) bond motifs is 1. The molecule has 0 aliphatic carbocycles. The second-order valence-corrected chi connectivity index (χ2v) is 13.4. The highest BCUT2D eigenvalue weighted by molar-refractivity contribution is 7.89. The van der Waals surface area contributed by atoms with E-state index < -0.39 is 44.5 Å². The van der Waals surface area contributed by atoms with Gasteiger partial charge in [0.2, 0.25) is 10.0 Å². The molecule has 14 nitrogen and oxygen atoms in total. The molecule has 2 aliphatic rings. The molecule has 2 aromatic heterocycles. The Bertz CT molecular complexity index is 1990. The first kappa shape index (κ1) is 33.8. The fourth-order valence-corrected chi connectivity index (χ4v) is 7.18. The largest absolute Gasteiger partial charge is 0.459 e. The van der Waals surface area contributed by atoms with Crippen molar-refractivity contribution in [3.05, 3.63) is 89.0 Å². The molecule has 17 heteroatoms. The molecule has 49 heavy (non-hydrogen) atoms. The van der Waals surface area contributed by atoms with Gasteiger partial charge in [0.15, 0.2) is 11.6 Å². The van der Waals surface area contributed by atoms with E-state index in [4.69, 9.17) is 9.15 Å². The molecular weight excluding hydrogens is 664 g/mol. The van der Waals surface area contributed by atoms with Gasteiger partial charge < -0.3 is 29.6 Å². The first-order valence-corrected chi connectivity index (χ1v) is 16.9. The minimum absolute atomic E-state index is 0.0260. The maximum Gasteiger partial charge on any atom is 0.434 e. The predicted molar refractivity (Wildman–Crippen MR) is 173 cm³/mol. The number of furan rings is 1. The Hall–Kier alpha value is -5.13. The number of aromatic nitrogens is 2. The lowest BCUT2D eigenvalue weighted by Crippen LogP contribution is -2.44. The maximum atomic E-state index is 14.0. The van der Waals surface area contributed by atoms with Crippen LogP contribution < -0.4 is 15.5 Å². The number of rotatable bonds is 8. The van der Waals surface area contributed by atoms with E-state index in [0.29, 0.717) is 23.9 Å². The van der Waals surface area contributed by atoms with Gasteiger partial charge in [-0.3, -0.25) is 9.59 Å². The van der Waals surface area contributed by atoms with E-state index in [9.17, 15) is 31.6 Å². The van der Waals surface area contributed by atoms with Gasteiger partial charge in [0.05, 0.1) is 34.7 Å². The van der Waals surface area contributed by atoms with Gasteiger partial charge in [0, 0.05) is 63.0 Å². The molecule has 0 unspecified atom stereocenters. The molecule has 1 fully saturated rings. The zero-order valence-corrected chi connectivity index (χ0v) is 27.4. The van der Waals surface area contributed by atoms with Gasteiger partial charge in [-0.2, -0.15) is 8.99 Å². The van der Waals surface area contributed by atoms with Crippen LogP contribution in [0.2, 0.25) is 0 Å². The van der Waals surface area contributed by atoms with E-state index >= 15 is 0 Å². The van der Waals surface area contributed by atoms with Crippen LogP contribution in [0, 0.1) is 11.6 Å². The molecule has 2 N–H and O–H groups in total. The molecule has 0 spiro atoms. The first-order chi connectivity index (χ1) is 23.4. The monoisotopic (exact) mass is 697 g/mol. The highest BCUT2D eigenvalue weighted by Crippen LogP contribution is 2.32. The number of likely N-dealkylation sites (N-methyl/N-ethyl adjacent to an activating group) is 1. The van der Waals surface area contributed by atoms with Crippen molar-refractivity contribution in [2.45, 2.75) is 24.8 Å². The number of benzene rings is 2. The summed E-state index contributed by atoms with van der Waals surface area (Å²) in [6.45, 7) is 4.21. The number of nitrogens with zero attached hydrogens (tertiary/aromatic N) is 5. The zero-order chi connectivity index (χ0) is 34.9. The number of ether oxygens (including phenoxy) is 1. The van der Waals surface area contributed by atoms with Crippen LogP contribution in [0.1, 0.15) is 39.1 Å². The van der Waals surface area contributed by atoms with Crippen LogP contribution in [0.3, 0.4) is 0 Å². The third-order valence-electron chi connectivity index (χ3n) is 8.28. The number of hydrogen-bond donors (Lipinski definition) is 2. The number of hydrogen-bond acceptors (Lipinski definition) is 10. The Kier molecular flexibility index (Phi) is 9.49. The molecule has 2 aromatic carbocycles. The summed E-state index contributed by atoms with van der Waals surface area (Å²) in [4.78, 5) is 43.5. The van der Waals surface area contributed by atoms with Crippen LogP contribution in [0.15, 0.2) is 64.1 Å². The van der Waals surface area contributed by atoms with Crippen molar-refractivity contribution in [1.82, 2.24) is 19.0 Å². The van der Waals surface area contributed by atoms with Crippen LogP contribution in [0.5, 0.6) is 0 Å². The zero-order valence-electron chi connectivity index (χ0n) is 26.6.